The molecular weight excluding hydrogens is 368 g/mol. The van der Waals surface area contributed by atoms with Gasteiger partial charge in [-0.15, -0.1) is 10.2 Å². The Labute approximate surface area is 169 Å². The lowest BCUT2D eigenvalue weighted by molar-refractivity contribution is 0.0526. The van der Waals surface area contributed by atoms with E-state index < -0.39 is 0 Å². The minimum absolute atomic E-state index is 0.195. The first kappa shape index (κ1) is 19.9. The Morgan fingerprint density at radius 3 is 2.28 bits per heavy atom. The van der Waals surface area contributed by atoms with E-state index in [1.807, 2.05) is 36.4 Å². The van der Waals surface area contributed by atoms with Crippen molar-refractivity contribution in [3.8, 4) is 34.6 Å². The highest BCUT2D eigenvalue weighted by Gasteiger charge is 2.05. The largest absolute Gasteiger partial charge is 0.497 e. The van der Waals surface area contributed by atoms with Gasteiger partial charge in [0.15, 0.2) is 0 Å². The molecule has 6 nitrogen and oxygen atoms in total. The van der Waals surface area contributed by atoms with Gasteiger partial charge in [0.25, 0.3) is 0 Å². The molecule has 29 heavy (non-hydrogen) atoms. The molecule has 0 atom stereocenters. The number of benzene rings is 2. The summed E-state index contributed by atoms with van der Waals surface area (Å²) in [6.07, 6.45) is 0. The molecule has 0 radical (unpaired) electrons. The molecule has 0 saturated carbocycles. The minimum Gasteiger partial charge on any atom is -0.497 e. The number of hydrogen-bond acceptors (Lipinski definition) is 6. The lowest BCUT2D eigenvalue weighted by atomic mass is 10.1. The number of esters is 1. The van der Waals surface area contributed by atoms with Crippen LogP contribution in [0.3, 0.4) is 0 Å². The maximum Gasteiger partial charge on any atom is 0.338 e. The van der Waals surface area contributed by atoms with Crippen molar-refractivity contribution in [1.29, 1.82) is 0 Å². The third kappa shape index (κ3) is 5.56. The maximum atomic E-state index is 11.6. The summed E-state index contributed by atoms with van der Waals surface area (Å²) >= 11 is 0. The van der Waals surface area contributed by atoms with Crippen LogP contribution in [-0.2, 0) is 4.74 Å². The van der Waals surface area contributed by atoms with Gasteiger partial charge in [0.2, 0.25) is 0 Å². The number of hydrogen-bond donors (Lipinski definition) is 0. The number of carbonyl (C=O) groups excluding carboxylic acids is 1. The molecule has 0 saturated heterocycles. The molecule has 1 aromatic heterocycles. The summed E-state index contributed by atoms with van der Waals surface area (Å²) in [6, 6.07) is 18.0. The molecule has 0 fully saturated rings. The fraction of sp³-hybridized carbons (Fsp3) is 0.174. The zero-order valence-electron chi connectivity index (χ0n) is 16.2. The average Bonchev–Trinajstić information content (AvgIpc) is 2.78. The predicted molar refractivity (Wildman–Crippen MR) is 109 cm³/mol. The Kier molecular flexibility index (Phi) is 6.80. The summed E-state index contributed by atoms with van der Waals surface area (Å²) in [7, 11) is 1.63. The van der Waals surface area contributed by atoms with Gasteiger partial charge in [-0.3, -0.25) is 0 Å². The fourth-order valence-electron chi connectivity index (χ4n) is 2.46. The van der Waals surface area contributed by atoms with E-state index in [1.165, 1.54) is 0 Å². The Morgan fingerprint density at radius 2 is 1.66 bits per heavy atom. The van der Waals surface area contributed by atoms with E-state index in [9.17, 15) is 4.79 Å². The number of carbonyl (C=O) groups is 1. The van der Waals surface area contributed by atoms with Gasteiger partial charge in [-0.05, 0) is 73.5 Å². The van der Waals surface area contributed by atoms with Crippen LogP contribution in [0.15, 0.2) is 60.7 Å². The quantitative estimate of drug-likeness (QED) is 0.473. The Hall–Kier alpha value is -3.85. The number of nitrogens with zero attached hydrogens (tertiary/aromatic N) is 2. The summed E-state index contributed by atoms with van der Waals surface area (Å²) in [6.45, 7) is 2.31. The van der Waals surface area contributed by atoms with Gasteiger partial charge in [-0.1, -0.05) is 5.92 Å². The number of ether oxygens (including phenoxy) is 3. The molecule has 146 valence electrons. The highest BCUT2D eigenvalue weighted by Crippen LogP contribution is 2.19. The molecule has 0 amide bonds. The van der Waals surface area contributed by atoms with Crippen LogP contribution in [0.5, 0.6) is 11.5 Å². The highest BCUT2D eigenvalue weighted by molar-refractivity contribution is 5.89. The van der Waals surface area contributed by atoms with Crippen LogP contribution in [0, 0.1) is 11.8 Å². The van der Waals surface area contributed by atoms with Gasteiger partial charge < -0.3 is 14.2 Å². The average molecular weight is 388 g/mol. The fourth-order valence-corrected chi connectivity index (χ4v) is 2.46. The summed E-state index contributed by atoms with van der Waals surface area (Å²) in [5.74, 6) is 6.87. The van der Waals surface area contributed by atoms with Gasteiger partial charge in [-0.2, -0.15) is 0 Å². The van der Waals surface area contributed by atoms with Crippen molar-refractivity contribution < 1.29 is 19.0 Å². The van der Waals surface area contributed by atoms with Crippen molar-refractivity contribution >= 4 is 5.97 Å². The van der Waals surface area contributed by atoms with Crippen molar-refractivity contribution in [2.24, 2.45) is 0 Å². The lowest BCUT2D eigenvalue weighted by Gasteiger charge is -2.04. The number of rotatable bonds is 6. The molecule has 6 heteroatoms. The van der Waals surface area contributed by atoms with E-state index in [-0.39, 0.29) is 12.6 Å². The molecule has 0 spiro atoms. The van der Waals surface area contributed by atoms with Crippen LogP contribution in [0.4, 0.5) is 0 Å². The van der Waals surface area contributed by atoms with E-state index in [2.05, 4.69) is 22.0 Å². The zero-order chi connectivity index (χ0) is 20.5. The first-order valence-corrected chi connectivity index (χ1v) is 9.06. The standard InChI is InChI=1S/C23H20N2O4/c1-3-28-23(26)18-8-13-21(14-9-18)29-16-4-5-19-10-15-22(25-24-19)17-6-11-20(27-2)12-7-17/h6-15H,3,16H2,1-2H3. The molecule has 0 aliphatic carbocycles. The Balaban J connectivity index is 1.54. The van der Waals surface area contributed by atoms with E-state index in [0.29, 0.717) is 23.6 Å². The number of methoxy groups -OCH3 is 1. The van der Waals surface area contributed by atoms with Gasteiger partial charge >= 0.3 is 5.97 Å². The van der Waals surface area contributed by atoms with Crippen LogP contribution in [-0.4, -0.2) is 36.5 Å². The molecule has 3 rings (SSSR count). The van der Waals surface area contributed by atoms with Crippen molar-refractivity contribution in [3.63, 3.8) is 0 Å². The van der Waals surface area contributed by atoms with Gasteiger partial charge in [0, 0.05) is 5.56 Å². The molecule has 0 bridgehead atoms. The Bertz CT molecular complexity index is 1000. The smallest absolute Gasteiger partial charge is 0.338 e. The Morgan fingerprint density at radius 1 is 0.931 bits per heavy atom. The van der Waals surface area contributed by atoms with Crippen LogP contribution in [0.1, 0.15) is 23.0 Å². The second-order valence-electron chi connectivity index (χ2n) is 5.87. The summed E-state index contributed by atoms with van der Waals surface area (Å²) in [5.41, 5.74) is 2.75. The van der Waals surface area contributed by atoms with Crippen LogP contribution >= 0.6 is 0 Å². The third-order valence-corrected chi connectivity index (χ3v) is 3.94. The second kappa shape index (κ2) is 9.90. The monoisotopic (exact) mass is 388 g/mol. The minimum atomic E-state index is -0.351. The summed E-state index contributed by atoms with van der Waals surface area (Å²) in [5, 5.41) is 8.33. The predicted octanol–water partition coefficient (Wildman–Crippen LogP) is 3.76. The lowest BCUT2D eigenvalue weighted by Crippen LogP contribution is -2.04. The zero-order valence-corrected chi connectivity index (χ0v) is 16.2. The first-order valence-electron chi connectivity index (χ1n) is 9.06. The summed E-state index contributed by atoms with van der Waals surface area (Å²) < 4.78 is 15.6. The first-order chi connectivity index (χ1) is 14.2. The maximum absolute atomic E-state index is 11.6. The van der Waals surface area contributed by atoms with Gasteiger partial charge in [0.1, 0.15) is 23.8 Å². The number of aromatic nitrogens is 2. The molecule has 0 unspecified atom stereocenters. The van der Waals surface area contributed by atoms with E-state index in [4.69, 9.17) is 14.2 Å². The highest BCUT2D eigenvalue weighted by atomic mass is 16.5. The van der Waals surface area contributed by atoms with Crippen LogP contribution in [0.25, 0.3) is 11.3 Å². The van der Waals surface area contributed by atoms with Crippen molar-refractivity contribution in [2.45, 2.75) is 6.92 Å². The molecule has 3 aromatic rings. The molecular formula is C23H20N2O4. The third-order valence-electron chi connectivity index (χ3n) is 3.94. The van der Waals surface area contributed by atoms with E-state index in [0.717, 1.165) is 17.0 Å². The molecule has 1 heterocycles. The molecule has 2 aromatic carbocycles. The molecule has 0 aliphatic heterocycles. The summed E-state index contributed by atoms with van der Waals surface area (Å²) in [4.78, 5) is 11.6. The second-order valence-corrected chi connectivity index (χ2v) is 5.87. The van der Waals surface area contributed by atoms with E-state index in [1.54, 1.807) is 38.3 Å². The van der Waals surface area contributed by atoms with Crippen LogP contribution in [0.2, 0.25) is 0 Å². The van der Waals surface area contributed by atoms with Crippen molar-refractivity contribution in [2.75, 3.05) is 20.3 Å². The SMILES string of the molecule is CCOC(=O)c1ccc(OCC#Cc2ccc(-c3ccc(OC)cc3)nn2)cc1. The topological polar surface area (TPSA) is 70.5 Å². The van der Waals surface area contributed by atoms with Crippen molar-refractivity contribution in [1.82, 2.24) is 10.2 Å². The van der Waals surface area contributed by atoms with Gasteiger partial charge in [-0.25, -0.2) is 4.79 Å². The molecule has 0 N–H and O–H groups in total. The van der Waals surface area contributed by atoms with Crippen molar-refractivity contribution in [3.05, 3.63) is 71.9 Å². The normalized spacial score (nSPS) is 9.86. The molecule has 0 aliphatic rings. The van der Waals surface area contributed by atoms with Gasteiger partial charge in [0.05, 0.1) is 25.0 Å². The van der Waals surface area contributed by atoms with Crippen LogP contribution < -0.4 is 9.47 Å². The van der Waals surface area contributed by atoms with E-state index >= 15 is 0 Å².